The van der Waals surface area contributed by atoms with Gasteiger partial charge in [0.25, 0.3) is 0 Å². The molecule has 20 heavy (non-hydrogen) atoms. The van der Waals surface area contributed by atoms with Crippen molar-refractivity contribution in [2.45, 2.75) is 52.0 Å². The maximum Gasteiger partial charge on any atom is 0.141 e. The molecule has 1 unspecified atom stereocenters. The van der Waals surface area contributed by atoms with Gasteiger partial charge in [0.15, 0.2) is 0 Å². The average molecular weight is 298 g/mol. The lowest BCUT2D eigenvalue weighted by molar-refractivity contribution is 0.163. The van der Waals surface area contributed by atoms with Crippen LogP contribution in [0.25, 0.3) is 0 Å². The SMILES string of the molecule is CNC(Cc1ccc(F)c(Cl)c1)C1CCC(C)(C)CC1. The first-order valence-electron chi connectivity index (χ1n) is 7.52. The summed E-state index contributed by atoms with van der Waals surface area (Å²) < 4.78 is 13.2. The van der Waals surface area contributed by atoms with Gasteiger partial charge in [-0.1, -0.05) is 31.5 Å². The van der Waals surface area contributed by atoms with Crippen LogP contribution >= 0.6 is 11.6 Å². The summed E-state index contributed by atoms with van der Waals surface area (Å²) in [5.74, 6) is 0.368. The summed E-state index contributed by atoms with van der Waals surface area (Å²) in [6.07, 6.45) is 6.04. The molecule has 2 rings (SSSR count). The number of rotatable bonds is 4. The zero-order valence-corrected chi connectivity index (χ0v) is 13.4. The van der Waals surface area contributed by atoms with Crippen LogP contribution in [-0.4, -0.2) is 13.1 Å². The fourth-order valence-electron chi connectivity index (χ4n) is 3.25. The van der Waals surface area contributed by atoms with E-state index in [0.29, 0.717) is 17.4 Å². The predicted octanol–water partition coefficient (Wildman–Crippen LogP) is 4.83. The molecule has 0 radical (unpaired) electrons. The van der Waals surface area contributed by atoms with Gasteiger partial charge in [-0.15, -0.1) is 0 Å². The average Bonchev–Trinajstić information content (AvgIpc) is 2.40. The second kappa shape index (κ2) is 6.44. The fourth-order valence-corrected chi connectivity index (χ4v) is 3.45. The van der Waals surface area contributed by atoms with E-state index in [1.165, 1.54) is 31.7 Å². The Labute approximate surface area is 126 Å². The third-order valence-electron chi connectivity index (χ3n) is 4.76. The molecule has 1 aromatic rings. The molecule has 0 aliphatic heterocycles. The van der Waals surface area contributed by atoms with Gasteiger partial charge in [0.2, 0.25) is 0 Å². The van der Waals surface area contributed by atoms with Crippen LogP contribution in [0.2, 0.25) is 5.02 Å². The van der Waals surface area contributed by atoms with Crippen molar-refractivity contribution in [3.8, 4) is 0 Å². The Morgan fingerprint density at radius 2 is 2.00 bits per heavy atom. The Morgan fingerprint density at radius 3 is 2.55 bits per heavy atom. The molecule has 1 aliphatic rings. The molecule has 0 amide bonds. The molecule has 0 aromatic heterocycles. The van der Waals surface area contributed by atoms with Gasteiger partial charge in [-0.05, 0) is 68.2 Å². The molecule has 0 spiro atoms. The third-order valence-corrected chi connectivity index (χ3v) is 5.05. The van der Waals surface area contributed by atoms with Crippen LogP contribution in [0, 0.1) is 17.2 Å². The minimum Gasteiger partial charge on any atom is -0.316 e. The van der Waals surface area contributed by atoms with E-state index in [1.807, 2.05) is 13.1 Å². The first kappa shape index (κ1) is 15.8. The molecule has 0 heterocycles. The quantitative estimate of drug-likeness (QED) is 0.839. The van der Waals surface area contributed by atoms with Crippen LogP contribution in [0.15, 0.2) is 18.2 Å². The Balaban J connectivity index is 2.00. The minimum atomic E-state index is -0.337. The van der Waals surface area contributed by atoms with Gasteiger partial charge >= 0.3 is 0 Å². The molecule has 0 bridgehead atoms. The molecule has 1 nitrogen and oxygen atoms in total. The van der Waals surface area contributed by atoms with Crippen LogP contribution in [0.5, 0.6) is 0 Å². The first-order chi connectivity index (χ1) is 9.41. The van der Waals surface area contributed by atoms with Gasteiger partial charge in [0.05, 0.1) is 5.02 Å². The fraction of sp³-hybridized carbons (Fsp3) is 0.647. The zero-order valence-electron chi connectivity index (χ0n) is 12.7. The minimum absolute atomic E-state index is 0.224. The second-order valence-electron chi connectivity index (χ2n) is 6.85. The highest BCUT2D eigenvalue weighted by molar-refractivity contribution is 6.30. The number of hydrogen-bond donors (Lipinski definition) is 1. The van der Waals surface area contributed by atoms with Gasteiger partial charge in [-0.2, -0.15) is 0 Å². The van der Waals surface area contributed by atoms with E-state index in [9.17, 15) is 4.39 Å². The molecular weight excluding hydrogens is 273 g/mol. The summed E-state index contributed by atoms with van der Waals surface area (Å²) in [6.45, 7) is 4.72. The highest BCUT2D eigenvalue weighted by Gasteiger charge is 2.30. The van der Waals surface area contributed by atoms with Crippen molar-refractivity contribution in [2.75, 3.05) is 7.05 Å². The summed E-state index contributed by atoms with van der Waals surface area (Å²) >= 11 is 5.87. The topological polar surface area (TPSA) is 12.0 Å². The molecule has 1 aromatic carbocycles. The summed E-state index contributed by atoms with van der Waals surface area (Å²) in [5.41, 5.74) is 1.61. The monoisotopic (exact) mass is 297 g/mol. The Kier molecular flexibility index (Phi) is 5.09. The molecule has 1 fully saturated rings. The number of halogens is 2. The van der Waals surface area contributed by atoms with Crippen molar-refractivity contribution in [2.24, 2.45) is 11.3 Å². The summed E-state index contributed by atoms with van der Waals surface area (Å²) in [7, 11) is 2.02. The van der Waals surface area contributed by atoms with Crippen LogP contribution in [0.1, 0.15) is 45.1 Å². The van der Waals surface area contributed by atoms with Crippen molar-refractivity contribution >= 4 is 11.6 Å². The van der Waals surface area contributed by atoms with E-state index in [4.69, 9.17) is 11.6 Å². The van der Waals surface area contributed by atoms with E-state index < -0.39 is 0 Å². The summed E-state index contributed by atoms with van der Waals surface area (Å²) in [4.78, 5) is 0. The molecule has 3 heteroatoms. The van der Waals surface area contributed by atoms with Crippen molar-refractivity contribution in [3.05, 3.63) is 34.6 Å². The summed E-state index contributed by atoms with van der Waals surface area (Å²) in [5, 5.41) is 3.67. The molecule has 1 N–H and O–H groups in total. The van der Waals surface area contributed by atoms with Crippen LogP contribution in [-0.2, 0) is 6.42 Å². The van der Waals surface area contributed by atoms with E-state index in [0.717, 1.165) is 12.0 Å². The molecule has 0 saturated heterocycles. The van der Waals surface area contributed by atoms with Crippen LogP contribution < -0.4 is 5.32 Å². The van der Waals surface area contributed by atoms with Crippen LogP contribution in [0.4, 0.5) is 4.39 Å². The number of likely N-dealkylation sites (N-methyl/N-ethyl adjacent to an activating group) is 1. The molecule has 112 valence electrons. The highest BCUT2D eigenvalue weighted by atomic mass is 35.5. The first-order valence-corrected chi connectivity index (χ1v) is 7.90. The van der Waals surface area contributed by atoms with Gasteiger partial charge < -0.3 is 5.32 Å². The Morgan fingerprint density at radius 1 is 1.35 bits per heavy atom. The smallest absolute Gasteiger partial charge is 0.141 e. The highest BCUT2D eigenvalue weighted by Crippen LogP contribution is 2.39. The van der Waals surface area contributed by atoms with Crippen LogP contribution in [0.3, 0.4) is 0 Å². The van der Waals surface area contributed by atoms with Gasteiger partial charge in [0.1, 0.15) is 5.82 Å². The zero-order chi connectivity index (χ0) is 14.8. The van der Waals surface area contributed by atoms with Gasteiger partial charge in [-0.3, -0.25) is 0 Å². The lowest BCUT2D eigenvalue weighted by Crippen LogP contribution is -2.38. The predicted molar refractivity (Wildman–Crippen MR) is 83.7 cm³/mol. The molecule has 1 atom stereocenters. The van der Waals surface area contributed by atoms with Crippen molar-refractivity contribution in [3.63, 3.8) is 0 Å². The van der Waals surface area contributed by atoms with E-state index in [-0.39, 0.29) is 10.8 Å². The normalized spacial score (nSPS) is 20.9. The maximum absolute atomic E-state index is 13.2. The van der Waals surface area contributed by atoms with E-state index in [2.05, 4.69) is 19.2 Å². The lowest BCUT2D eigenvalue weighted by Gasteiger charge is -2.38. The van der Waals surface area contributed by atoms with Crippen molar-refractivity contribution in [1.82, 2.24) is 5.32 Å². The maximum atomic E-state index is 13.2. The largest absolute Gasteiger partial charge is 0.316 e. The number of nitrogens with one attached hydrogen (secondary N) is 1. The van der Waals surface area contributed by atoms with Crippen molar-refractivity contribution < 1.29 is 4.39 Å². The third kappa shape index (κ3) is 3.95. The molecular formula is C17H25ClFN. The summed E-state index contributed by atoms with van der Waals surface area (Å²) in [6, 6.07) is 5.52. The molecule has 1 aliphatic carbocycles. The van der Waals surface area contributed by atoms with Gasteiger partial charge in [-0.25, -0.2) is 4.39 Å². The number of hydrogen-bond acceptors (Lipinski definition) is 1. The molecule has 1 saturated carbocycles. The lowest BCUT2D eigenvalue weighted by atomic mass is 9.70. The Bertz CT molecular complexity index is 448. The van der Waals surface area contributed by atoms with Gasteiger partial charge in [0, 0.05) is 6.04 Å². The van der Waals surface area contributed by atoms with Crippen molar-refractivity contribution in [1.29, 1.82) is 0 Å². The van der Waals surface area contributed by atoms with E-state index >= 15 is 0 Å². The van der Waals surface area contributed by atoms with E-state index in [1.54, 1.807) is 6.07 Å². The standard InChI is InChI=1S/C17H25ClFN/c1-17(2)8-6-13(7-9-17)16(20-3)11-12-4-5-15(19)14(18)10-12/h4-5,10,13,16,20H,6-9,11H2,1-3H3. The Hall–Kier alpha value is -0.600. The number of benzene rings is 1. The second-order valence-corrected chi connectivity index (χ2v) is 7.26.